The second-order valence-electron chi connectivity index (χ2n) is 8.12. The van der Waals surface area contributed by atoms with Crippen molar-refractivity contribution in [3.05, 3.63) is 59.7 Å². The number of nitrogens with zero attached hydrogens (tertiary/aromatic N) is 3. The number of sulfone groups is 1. The van der Waals surface area contributed by atoms with E-state index in [-0.39, 0.29) is 22.2 Å². The summed E-state index contributed by atoms with van der Waals surface area (Å²) >= 11 is 0. The van der Waals surface area contributed by atoms with E-state index in [9.17, 15) is 13.2 Å². The molecule has 0 bridgehead atoms. The molecule has 0 saturated heterocycles. The molecule has 0 spiro atoms. The van der Waals surface area contributed by atoms with Gasteiger partial charge in [0.05, 0.1) is 29.2 Å². The fraction of sp³-hybridized carbons (Fsp3) is 0.391. The summed E-state index contributed by atoms with van der Waals surface area (Å²) in [5.74, 6) is 0.283. The number of amides is 1. The molecule has 1 N–H and O–H groups in total. The quantitative estimate of drug-likeness (QED) is 0.560. The van der Waals surface area contributed by atoms with Gasteiger partial charge >= 0.3 is 0 Å². The van der Waals surface area contributed by atoms with Crippen LogP contribution in [0.25, 0.3) is 11.3 Å². The molecule has 3 heterocycles. The smallest absolute Gasteiger partial charge is 0.272 e. The summed E-state index contributed by atoms with van der Waals surface area (Å²) in [7, 11) is -1.79. The highest BCUT2D eigenvalue weighted by atomic mass is 32.2. The van der Waals surface area contributed by atoms with Crippen molar-refractivity contribution in [2.45, 2.75) is 43.5 Å². The van der Waals surface area contributed by atoms with E-state index >= 15 is 0 Å². The summed E-state index contributed by atoms with van der Waals surface area (Å²) in [6.45, 7) is 5.97. The van der Waals surface area contributed by atoms with Crippen LogP contribution in [0.5, 0.6) is 0 Å². The highest BCUT2D eigenvalue weighted by molar-refractivity contribution is 7.90. The molecule has 0 unspecified atom stereocenters. The zero-order valence-corrected chi connectivity index (χ0v) is 19.4. The molecule has 2 aromatic heterocycles. The van der Waals surface area contributed by atoms with Gasteiger partial charge in [-0.05, 0) is 31.5 Å². The Morgan fingerprint density at radius 1 is 1.28 bits per heavy atom. The Labute approximate surface area is 188 Å². The fourth-order valence-electron chi connectivity index (χ4n) is 4.14. The zero-order chi connectivity index (χ0) is 22.9. The van der Waals surface area contributed by atoms with Gasteiger partial charge in [-0.15, -0.1) is 0 Å². The van der Waals surface area contributed by atoms with Gasteiger partial charge in [-0.1, -0.05) is 25.1 Å². The van der Waals surface area contributed by atoms with E-state index in [0.717, 1.165) is 12.2 Å². The van der Waals surface area contributed by atoms with Crippen LogP contribution >= 0.6 is 0 Å². The number of nitrogens with one attached hydrogen (secondary N) is 1. The average molecular weight is 457 g/mol. The van der Waals surface area contributed by atoms with Gasteiger partial charge < -0.3 is 9.73 Å². The number of carbonyl (C=O) groups excluding carboxylic acids is 1. The zero-order valence-electron chi connectivity index (χ0n) is 18.5. The number of furan rings is 1. The third kappa shape index (κ3) is 4.22. The van der Waals surface area contributed by atoms with E-state index in [2.05, 4.69) is 29.2 Å². The van der Waals surface area contributed by atoms with Crippen LogP contribution in [0.3, 0.4) is 0 Å². The molecule has 4 rings (SSSR count). The van der Waals surface area contributed by atoms with Gasteiger partial charge in [-0.3, -0.25) is 14.4 Å². The van der Waals surface area contributed by atoms with Crippen molar-refractivity contribution >= 4 is 15.7 Å². The Hall–Kier alpha value is -2.91. The third-order valence-corrected chi connectivity index (χ3v) is 7.70. The molecular weight excluding hydrogens is 428 g/mol. The maximum absolute atomic E-state index is 13.0. The van der Waals surface area contributed by atoms with Crippen molar-refractivity contribution < 1.29 is 17.6 Å². The lowest BCUT2D eigenvalue weighted by molar-refractivity contribution is 0.0935. The highest BCUT2D eigenvalue weighted by Gasteiger charge is 2.34. The number of fused-ring (bicyclic) bond motifs is 3. The maximum atomic E-state index is 13.0. The molecule has 0 saturated carbocycles. The average Bonchev–Trinajstić information content (AvgIpc) is 3.39. The van der Waals surface area contributed by atoms with Gasteiger partial charge in [0.15, 0.2) is 15.5 Å². The number of hydrogen-bond acceptors (Lipinski definition) is 6. The van der Waals surface area contributed by atoms with Crippen LogP contribution in [0.2, 0.25) is 0 Å². The lowest BCUT2D eigenvalue weighted by Crippen LogP contribution is -2.39. The van der Waals surface area contributed by atoms with Crippen molar-refractivity contribution in [3.8, 4) is 11.3 Å². The molecule has 1 aromatic carbocycles. The molecule has 3 aromatic rings. The van der Waals surface area contributed by atoms with Crippen molar-refractivity contribution in [2.24, 2.45) is 7.05 Å². The SMILES string of the molecule is CC[C@@H](C)N(CCNC(=O)c1nn(C)c2c1CS(=O)(=O)c1ccccc1-2)Cc1ccco1. The van der Waals surface area contributed by atoms with E-state index in [1.807, 2.05) is 12.1 Å². The lowest BCUT2D eigenvalue weighted by atomic mass is 10.1. The lowest BCUT2D eigenvalue weighted by Gasteiger charge is -2.27. The molecule has 1 amide bonds. The van der Waals surface area contributed by atoms with Crippen LogP contribution in [0.1, 0.15) is 42.1 Å². The number of hydrogen-bond donors (Lipinski definition) is 1. The maximum Gasteiger partial charge on any atom is 0.272 e. The molecule has 0 fully saturated rings. The molecular formula is C23H28N4O4S. The van der Waals surface area contributed by atoms with E-state index < -0.39 is 9.84 Å². The summed E-state index contributed by atoms with van der Waals surface area (Å²) in [6.07, 6.45) is 2.63. The summed E-state index contributed by atoms with van der Waals surface area (Å²) in [4.78, 5) is 15.5. The third-order valence-electron chi connectivity index (χ3n) is 6.01. The van der Waals surface area contributed by atoms with Crippen LogP contribution in [-0.4, -0.2) is 48.1 Å². The highest BCUT2D eigenvalue weighted by Crippen LogP contribution is 2.38. The second-order valence-corrected chi connectivity index (χ2v) is 10.1. The predicted molar refractivity (Wildman–Crippen MR) is 121 cm³/mol. The van der Waals surface area contributed by atoms with E-state index in [1.165, 1.54) is 0 Å². The van der Waals surface area contributed by atoms with Gasteiger partial charge in [0.1, 0.15) is 5.76 Å². The molecule has 170 valence electrons. The van der Waals surface area contributed by atoms with Gasteiger partial charge in [-0.25, -0.2) is 8.42 Å². The van der Waals surface area contributed by atoms with Gasteiger partial charge in [0.25, 0.3) is 5.91 Å². The molecule has 8 nitrogen and oxygen atoms in total. The molecule has 1 aliphatic rings. The minimum Gasteiger partial charge on any atom is -0.468 e. The van der Waals surface area contributed by atoms with Gasteiger partial charge in [0, 0.05) is 37.3 Å². The molecule has 0 aliphatic carbocycles. The number of carbonyl (C=O) groups is 1. The summed E-state index contributed by atoms with van der Waals surface area (Å²) in [5, 5.41) is 7.30. The van der Waals surface area contributed by atoms with Crippen LogP contribution in [-0.2, 0) is 29.2 Å². The number of benzene rings is 1. The molecule has 32 heavy (non-hydrogen) atoms. The first-order valence-corrected chi connectivity index (χ1v) is 12.4. The Bertz CT molecular complexity index is 1210. The van der Waals surface area contributed by atoms with E-state index in [1.54, 1.807) is 42.3 Å². The minimum absolute atomic E-state index is 0.168. The van der Waals surface area contributed by atoms with Crippen molar-refractivity contribution in [2.75, 3.05) is 13.1 Å². The van der Waals surface area contributed by atoms with Crippen molar-refractivity contribution in [3.63, 3.8) is 0 Å². The second kappa shape index (κ2) is 8.91. The molecule has 1 aliphatic heterocycles. The van der Waals surface area contributed by atoms with Crippen LogP contribution in [0, 0.1) is 0 Å². The van der Waals surface area contributed by atoms with Crippen molar-refractivity contribution in [1.82, 2.24) is 20.0 Å². The Morgan fingerprint density at radius 3 is 2.78 bits per heavy atom. The Kier molecular flexibility index (Phi) is 6.21. The summed E-state index contributed by atoms with van der Waals surface area (Å²) in [6, 6.07) is 11.0. The normalized spacial score (nSPS) is 15.2. The first-order chi connectivity index (χ1) is 15.3. The number of aryl methyl sites for hydroxylation is 1. The summed E-state index contributed by atoms with van der Waals surface area (Å²) in [5.41, 5.74) is 1.89. The van der Waals surface area contributed by atoms with Crippen molar-refractivity contribution in [1.29, 1.82) is 0 Å². The minimum atomic E-state index is -3.53. The first-order valence-electron chi connectivity index (χ1n) is 10.7. The molecule has 1 atom stereocenters. The summed E-state index contributed by atoms with van der Waals surface area (Å²) < 4.78 is 32.7. The number of aromatic nitrogens is 2. The monoisotopic (exact) mass is 456 g/mol. The molecule has 9 heteroatoms. The standard InChI is InChI=1S/C23H28N4O4S/c1-4-16(2)27(14-17-8-7-13-31-17)12-11-24-23(28)21-19-15-32(29,30)20-10-6-5-9-18(20)22(19)26(3)25-21/h5-10,13,16H,4,11-12,14-15H2,1-3H3,(H,24,28)/t16-/m1/s1. The van der Waals surface area contributed by atoms with Crippen LogP contribution in [0.15, 0.2) is 52.0 Å². The van der Waals surface area contributed by atoms with Crippen LogP contribution in [0.4, 0.5) is 0 Å². The predicted octanol–water partition coefficient (Wildman–Crippen LogP) is 3.00. The number of rotatable bonds is 8. The Morgan fingerprint density at radius 2 is 2.06 bits per heavy atom. The van der Waals surface area contributed by atoms with Crippen LogP contribution < -0.4 is 5.32 Å². The largest absolute Gasteiger partial charge is 0.468 e. The molecule has 0 radical (unpaired) electrons. The van der Waals surface area contributed by atoms with Gasteiger partial charge in [0.2, 0.25) is 0 Å². The first kappa shape index (κ1) is 22.3. The fourth-order valence-corrected chi connectivity index (χ4v) is 5.73. The Balaban J connectivity index is 1.51. The van der Waals surface area contributed by atoms with Gasteiger partial charge in [-0.2, -0.15) is 5.10 Å². The van der Waals surface area contributed by atoms with E-state index in [0.29, 0.717) is 42.5 Å². The topological polar surface area (TPSA) is 97.4 Å². The van der Waals surface area contributed by atoms with E-state index in [4.69, 9.17) is 4.42 Å².